The first-order valence-corrected chi connectivity index (χ1v) is 13.0. The number of rotatable bonds is 9. The number of carbonyl (C=O) groups excluding carboxylic acids is 2. The molecule has 178 valence electrons. The van der Waals surface area contributed by atoms with Gasteiger partial charge in [0.2, 0.25) is 10.9 Å². The maximum Gasteiger partial charge on any atom is 0.286 e. The topological polar surface area (TPSA) is 87.2 Å². The zero-order chi connectivity index (χ0) is 23.8. The molecule has 10 heteroatoms. The highest BCUT2D eigenvalue weighted by molar-refractivity contribution is 7.99. The highest BCUT2D eigenvalue weighted by atomic mass is 32.2. The second-order valence-corrected chi connectivity index (χ2v) is 10.1. The van der Waals surface area contributed by atoms with Crippen molar-refractivity contribution in [1.82, 2.24) is 20.4 Å². The molecule has 1 aliphatic rings. The maximum absolute atomic E-state index is 13.0. The molecule has 1 fully saturated rings. The molecule has 7 nitrogen and oxygen atoms in total. The van der Waals surface area contributed by atoms with E-state index in [2.05, 4.69) is 50.0 Å². The SMILES string of the molecule is O=C(CSCc1nnc(C(=O)Nc2ccc(F)cc2)s1)NC1CCN(Cc2ccccc2)CC1. The highest BCUT2D eigenvalue weighted by Crippen LogP contribution is 2.19. The summed E-state index contributed by atoms with van der Waals surface area (Å²) < 4.78 is 13.0. The van der Waals surface area contributed by atoms with Crippen LogP contribution in [0, 0.1) is 5.82 Å². The molecule has 3 aromatic rings. The molecule has 0 radical (unpaired) electrons. The normalized spacial score (nSPS) is 14.6. The first kappa shape index (κ1) is 24.3. The Morgan fingerprint density at radius 2 is 1.79 bits per heavy atom. The minimum atomic E-state index is -0.392. The predicted molar refractivity (Wildman–Crippen MR) is 133 cm³/mol. The van der Waals surface area contributed by atoms with E-state index in [0.717, 1.165) is 32.5 Å². The van der Waals surface area contributed by atoms with Crippen molar-refractivity contribution in [3.05, 3.63) is 76.0 Å². The molecule has 2 N–H and O–H groups in total. The summed E-state index contributed by atoms with van der Waals surface area (Å²) in [7, 11) is 0. The molecule has 1 aliphatic heterocycles. The molecule has 1 aromatic heterocycles. The molecule has 0 saturated carbocycles. The lowest BCUT2D eigenvalue weighted by molar-refractivity contribution is -0.119. The Balaban J connectivity index is 1.13. The molecule has 2 heterocycles. The average Bonchev–Trinajstić information content (AvgIpc) is 3.32. The van der Waals surface area contributed by atoms with Gasteiger partial charge in [0, 0.05) is 37.1 Å². The van der Waals surface area contributed by atoms with Crippen molar-refractivity contribution in [2.75, 3.05) is 24.2 Å². The fourth-order valence-electron chi connectivity index (χ4n) is 3.70. The number of hydrogen-bond acceptors (Lipinski definition) is 7. The molecule has 2 aromatic carbocycles. The number of amides is 2. The van der Waals surface area contributed by atoms with Crippen molar-refractivity contribution < 1.29 is 14.0 Å². The van der Waals surface area contributed by atoms with Crippen molar-refractivity contribution in [2.24, 2.45) is 0 Å². The Morgan fingerprint density at radius 3 is 2.53 bits per heavy atom. The van der Waals surface area contributed by atoms with Gasteiger partial charge in [0.25, 0.3) is 5.91 Å². The standard InChI is InChI=1S/C24H26FN5O2S2/c25-18-6-8-19(9-7-18)27-23(32)24-29-28-22(34-24)16-33-15-21(31)26-20-10-12-30(13-11-20)14-17-4-2-1-3-5-17/h1-9,20H,10-16H2,(H,26,31)(H,27,32). The van der Waals surface area contributed by atoms with E-state index in [1.807, 2.05) is 6.07 Å². The van der Waals surface area contributed by atoms with Crippen LogP contribution in [-0.2, 0) is 17.1 Å². The number of aromatic nitrogens is 2. The van der Waals surface area contributed by atoms with Gasteiger partial charge in [-0.3, -0.25) is 14.5 Å². The first-order valence-electron chi connectivity index (χ1n) is 11.1. The van der Waals surface area contributed by atoms with E-state index >= 15 is 0 Å². The smallest absolute Gasteiger partial charge is 0.286 e. The molecule has 0 spiro atoms. The predicted octanol–water partition coefficient (Wildman–Crippen LogP) is 3.94. The molecule has 34 heavy (non-hydrogen) atoms. The van der Waals surface area contributed by atoms with Crippen molar-refractivity contribution in [2.45, 2.75) is 31.2 Å². The Labute approximate surface area is 206 Å². The van der Waals surface area contributed by atoms with Gasteiger partial charge in [0.15, 0.2) is 0 Å². The third-order valence-corrected chi connectivity index (χ3v) is 7.47. The zero-order valence-corrected chi connectivity index (χ0v) is 20.2. The Hall–Kier alpha value is -2.82. The monoisotopic (exact) mass is 499 g/mol. The summed E-state index contributed by atoms with van der Waals surface area (Å²) >= 11 is 2.63. The van der Waals surface area contributed by atoms with Crippen molar-refractivity contribution in [1.29, 1.82) is 0 Å². The third-order valence-electron chi connectivity index (χ3n) is 5.42. The second kappa shape index (κ2) is 12.0. The van der Waals surface area contributed by atoms with Gasteiger partial charge in [-0.1, -0.05) is 41.7 Å². The summed E-state index contributed by atoms with van der Waals surface area (Å²) in [6.45, 7) is 2.89. The number of likely N-dealkylation sites (tertiary alicyclic amines) is 1. The van der Waals surface area contributed by atoms with Crippen LogP contribution in [-0.4, -0.2) is 51.8 Å². The summed E-state index contributed by atoms with van der Waals surface area (Å²) in [6.07, 6.45) is 1.90. The van der Waals surface area contributed by atoms with Gasteiger partial charge in [-0.15, -0.1) is 22.0 Å². The van der Waals surface area contributed by atoms with Gasteiger partial charge in [0.1, 0.15) is 10.8 Å². The molecule has 0 aliphatic carbocycles. The Morgan fingerprint density at radius 1 is 1.06 bits per heavy atom. The van der Waals surface area contributed by atoms with E-state index in [0.29, 0.717) is 22.2 Å². The number of anilines is 1. The van der Waals surface area contributed by atoms with Crippen molar-refractivity contribution >= 4 is 40.6 Å². The van der Waals surface area contributed by atoms with E-state index in [1.54, 1.807) is 0 Å². The number of thioether (sulfide) groups is 1. The second-order valence-electron chi connectivity index (χ2n) is 8.06. The van der Waals surface area contributed by atoms with E-state index in [1.165, 1.54) is 52.9 Å². The lowest BCUT2D eigenvalue weighted by atomic mass is 10.0. The Bertz CT molecular complexity index is 1090. The summed E-state index contributed by atoms with van der Waals surface area (Å²) in [6, 6.07) is 16.2. The van der Waals surface area contributed by atoms with Crippen LogP contribution < -0.4 is 10.6 Å². The number of piperidine rings is 1. The third kappa shape index (κ3) is 7.34. The number of carbonyl (C=O) groups is 2. The fourth-order valence-corrected chi connectivity index (χ4v) is 5.32. The minimum absolute atomic E-state index is 0.0188. The summed E-state index contributed by atoms with van der Waals surface area (Å²) in [4.78, 5) is 27.0. The number of halogens is 1. The Kier molecular flexibility index (Phi) is 8.62. The molecular weight excluding hydrogens is 473 g/mol. The molecule has 0 unspecified atom stereocenters. The largest absolute Gasteiger partial charge is 0.353 e. The van der Waals surface area contributed by atoms with E-state index < -0.39 is 5.91 Å². The minimum Gasteiger partial charge on any atom is -0.353 e. The maximum atomic E-state index is 13.0. The van der Waals surface area contributed by atoms with Crippen LogP contribution in [0.1, 0.15) is 33.2 Å². The van der Waals surface area contributed by atoms with Crippen LogP contribution in [0.25, 0.3) is 0 Å². The number of nitrogens with one attached hydrogen (secondary N) is 2. The first-order chi connectivity index (χ1) is 16.5. The van der Waals surface area contributed by atoms with Crippen LogP contribution in [0.4, 0.5) is 10.1 Å². The van der Waals surface area contributed by atoms with Gasteiger partial charge in [-0.2, -0.15) is 0 Å². The number of benzene rings is 2. The van der Waals surface area contributed by atoms with Crippen molar-refractivity contribution in [3.8, 4) is 0 Å². The van der Waals surface area contributed by atoms with E-state index in [-0.39, 0.29) is 22.8 Å². The van der Waals surface area contributed by atoms with Crippen molar-refractivity contribution in [3.63, 3.8) is 0 Å². The van der Waals surface area contributed by atoms with Crippen LogP contribution in [0.3, 0.4) is 0 Å². The van der Waals surface area contributed by atoms with E-state index in [4.69, 9.17) is 0 Å². The lowest BCUT2D eigenvalue weighted by Gasteiger charge is -2.32. The molecular formula is C24H26FN5O2S2. The van der Waals surface area contributed by atoms with Crippen LogP contribution in [0.15, 0.2) is 54.6 Å². The highest BCUT2D eigenvalue weighted by Gasteiger charge is 2.21. The van der Waals surface area contributed by atoms with Crippen LogP contribution >= 0.6 is 23.1 Å². The molecule has 1 saturated heterocycles. The number of nitrogens with zero attached hydrogens (tertiary/aromatic N) is 3. The molecule has 0 bridgehead atoms. The van der Waals surface area contributed by atoms with Crippen LogP contribution in [0.2, 0.25) is 0 Å². The molecule has 0 atom stereocenters. The lowest BCUT2D eigenvalue weighted by Crippen LogP contribution is -2.44. The average molecular weight is 500 g/mol. The van der Waals surface area contributed by atoms with Gasteiger partial charge in [0.05, 0.1) is 5.75 Å². The molecule has 2 amide bonds. The summed E-state index contributed by atoms with van der Waals surface area (Å²) in [5, 5.41) is 14.7. The van der Waals surface area contributed by atoms with E-state index in [9.17, 15) is 14.0 Å². The molecule has 4 rings (SSSR count). The summed E-state index contributed by atoms with van der Waals surface area (Å²) in [5.74, 6) is 0.0959. The van der Waals surface area contributed by atoms with Gasteiger partial charge < -0.3 is 10.6 Å². The van der Waals surface area contributed by atoms with Gasteiger partial charge in [-0.05, 0) is 42.7 Å². The summed E-state index contributed by atoms with van der Waals surface area (Å²) in [5.41, 5.74) is 1.80. The fraction of sp³-hybridized carbons (Fsp3) is 0.333. The number of hydrogen-bond donors (Lipinski definition) is 2. The van der Waals surface area contributed by atoms with Gasteiger partial charge >= 0.3 is 0 Å². The quantitative estimate of drug-likeness (QED) is 0.464. The van der Waals surface area contributed by atoms with Gasteiger partial charge in [-0.25, -0.2) is 4.39 Å². The zero-order valence-electron chi connectivity index (χ0n) is 18.6. The van der Waals surface area contributed by atoms with Crippen LogP contribution in [0.5, 0.6) is 0 Å².